The van der Waals surface area contributed by atoms with E-state index in [1.807, 2.05) is 6.07 Å². The van der Waals surface area contributed by atoms with Crippen molar-refractivity contribution in [1.82, 2.24) is 5.27 Å². The van der Waals surface area contributed by atoms with Gasteiger partial charge in [-0.1, -0.05) is 12.1 Å². The van der Waals surface area contributed by atoms with Crippen molar-refractivity contribution in [3.05, 3.63) is 36.0 Å². The van der Waals surface area contributed by atoms with Gasteiger partial charge in [-0.2, -0.15) is 0 Å². The second-order valence-corrected chi connectivity index (χ2v) is 3.20. The maximum absolute atomic E-state index is 10.8. The fourth-order valence-corrected chi connectivity index (χ4v) is 1.39. The molecule has 5 heteroatoms. The number of hydrogen-bond donors (Lipinski definition) is 1. The molecule has 1 aromatic carbocycles. The molecule has 2 rings (SSSR count). The highest BCUT2D eigenvalue weighted by molar-refractivity contribution is 5.34. The topological polar surface area (TPSA) is 73.2 Å². The first-order chi connectivity index (χ1) is 7.18. The van der Waals surface area contributed by atoms with Crippen LogP contribution in [0.1, 0.15) is 18.6 Å². The minimum atomic E-state index is -0.625. The van der Waals surface area contributed by atoms with E-state index in [4.69, 9.17) is 0 Å². The van der Waals surface area contributed by atoms with Crippen LogP contribution in [0.3, 0.4) is 0 Å². The first kappa shape index (κ1) is 9.67. The molecule has 0 aliphatic carbocycles. The summed E-state index contributed by atoms with van der Waals surface area (Å²) in [5, 5.41) is 23.9. The molecule has 0 saturated heterocycles. The van der Waals surface area contributed by atoms with Crippen LogP contribution >= 0.6 is 0 Å². The molecule has 1 atom stereocenters. The number of benzene rings is 1. The Kier molecular flexibility index (Phi) is 2.39. The number of rotatable bonds is 2. The Bertz CT molecular complexity index is 465. The predicted molar refractivity (Wildman–Crippen MR) is 48.1 cm³/mol. The molecule has 1 unspecified atom stereocenters. The zero-order valence-electron chi connectivity index (χ0n) is 8.12. The molecule has 2 aromatic rings. The lowest BCUT2D eigenvalue weighted by atomic mass is 10.1. The van der Waals surface area contributed by atoms with E-state index < -0.39 is 12.1 Å². The van der Waals surface area contributed by atoms with Gasteiger partial charge in [0, 0.05) is 6.07 Å². The van der Waals surface area contributed by atoms with Gasteiger partial charge in [0.1, 0.15) is 5.95 Å². The Hall–Kier alpha value is -1.88. The molecular formula is C10H10N2O3. The van der Waals surface area contributed by atoms with Gasteiger partial charge in [-0.25, -0.2) is 0 Å². The first-order valence-corrected chi connectivity index (χ1v) is 4.51. The van der Waals surface area contributed by atoms with Gasteiger partial charge in [0.2, 0.25) is 11.9 Å². The summed E-state index contributed by atoms with van der Waals surface area (Å²) in [5.74, 6) is -0.518. The summed E-state index contributed by atoms with van der Waals surface area (Å²) in [4.78, 5) is 0. The smallest absolute Gasteiger partial charge is 0.245 e. The van der Waals surface area contributed by atoms with Gasteiger partial charge < -0.3 is 14.7 Å². The molecule has 0 saturated carbocycles. The number of aromatic nitrogens is 2. The summed E-state index contributed by atoms with van der Waals surface area (Å²) in [5.41, 5.74) is 1.33. The maximum Gasteiger partial charge on any atom is 0.245 e. The largest absolute Gasteiger partial charge is 0.539 e. The van der Waals surface area contributed by atoms with Crippen molar-refractivity contribution in [2.45, 2.75) is 13.0 Å². The zero-order valence-corrected chi connectivity index (χ0v) is 8.12. The average Bonchev–Trinajstić information content (AvgIpc) is 2.65. The Labute approximate surface area is 86.2 Å². The molecule has 1 aromatic heterocycles. The number of hydrogen-bond acceptors (Lipinski definition) is 4. The van der Waals surface area contributed by atoms with E-state index in [0.717, 1.165) is 0 Å². The summed E-state index contributed by atoms with van der Waals surface area (Å²) >= 11 is 0. The van der Waals surface area contributed by atoms with Crippen LogP contribution in [0.2, 0.25) is 0 Å². The quantitative estimate of drug-likeness (QED) is 0.706. The molecule has 1 N–H and O–H groups in total. The van der Waals surface area contributed by atoms with Crippen LogP contribution < -0.4 is 9.79 Å². The van der Waals surface area contributed by atoms with E-state index >= 15 is 0 Å². The lowest BCUT2D eigenvalue weighted by Gasteiger charge is -2.03. The molecule has 0 amide bonds. The third-order valence-electron chi connectivity index (χ3n) is 2.08. The molecule has 1 heterocycles. The van der Waals surface area contributed by atoms with Crippen molar-refractivity contribution in [2.75, 3.05) is 0 Å². The number of para-hydroxylation sites is 1. The third-order valence-corrected chi connectivity index (χ3v) is 2.08. The Morgan fingerprint density at radius 1 is 1.47 bits per heavy atom. The number of aliphatic hydroxyl groups is 1. The van der Waals surface area contributed by atoms with E-state index in [0.29, 0.717) is 11.3 Å². The highest BCUT2D eigenvalue weighted by Gasteiger charge is 2.17. The monoisotopic (exact) mass is 206 g/mol. The minimum absolute atomic E-state index is 0.518. The van der Waals surface area contributed by atoms with Crippen LogP contribution in [-0.2, 0) is 0 Å². The highest BCUT2D eigenvalue weighted by Crippen LogP contribution is 2.17. The van der Waals surface area contributed by atoms with Gasteiger partial charge in [0.25, 0.3) is 0 Å². The van der Waals surface area contributed by atoms with Gasteiger partial charge in [-0.3, -0.25) is 0 Å². The normalized spacial score (nSPS) is 12.7. The van der Waals surface area contributed by atoms with Crippen molar-refractivity contribution >= 4 is 0 Å². The van der Waals surface area contributed by atoms with Crippen LogP contribution in [-0.4, -0.2) is 10.4 Å². The summed E-state index contributed by atoms with van der Waals surface area (Å²) in [6.07, 6.45) is 0.599. The van der Waals surface area contributed by atoms with Crippen molar-refractivity contribution in [3.63, 3.8) is 0 Å². The molecule has 0 spiro atoms. The lowest BCUT2D eigenvalue weighted by molar-refractivity contribution is -0.671. The van der Waals surface area contributed by atoms with E-state index in [2.05, 4.69) is 9.79 Å². The molecular weight excluding hydrogens is 196 g/mol. The van der Waals surface area contributed by atoms with Crippen LogP contribution in [0.4, 0.5) is 0 Å². The number of aliphatic hydroxyl groups excluding tert-OH is 1. The van der Waals surface area contributed by atoms with E-state index in [-0.39, 0.29) is 0 Å². The summed E-state index contributed by atoms with van der Waals surface area (Å²) < 4.78 is 5.74. The van der Waals surface area contributed by atoms with Crippen LogP contribution in [0.15, 0.2) is 35.0 Å². The second kappa shape index (κ2) is 3.70. The van der Waals surface area contributed by atoms with Crippen LogP contribution in [0.25, 0.3) is 5.69 Å². The first-order valence-electron chi connectivity index (χ1n) is 4.51. The summed E-state index contributed by atoms with van der Waals surface area (Å²) in [7, 11) is 0. The van der Waals surface area contributed by atoms with E-state index in [1.165, 1.54) is 10.9 Å². The van der Waals surface area contributed by atoms with E-state index in [9.17, 15) is 10.2 Å². The Morgan fingerprint density at radius 2 is 2.20 bits per heavy atom. The average molecular weight is 206 g/mol. The predicted octanol–water partition coefficient (Wildman–Crippen LogP) is 0.0782. The number of nitrogens with zero attached hydrogens (tertiary/aromatic N) is 2. The van der Waals surface area contributed by atoms with Crippen molar-refractivity contribution in [3.8, 4) is 11.6 Å². The van der Waals surface area contributed by atoms with Crippen molar-refractivity contribution < 1.29 is 19.4 Å². The molecule has 0 bridgehead atoms. The summed E-state index contributed by atoms with van der Waals surface area (Å²) in [6.45, 7) is 1.65. The molecule has 78 valence electrons. The van der Waals surface area contributed by atoms with Gasteiger partial charge >= 0.3 is 0 Å². The zero-order chi connectivity index (χ0) is 10.8. The van der Waals surface area contributed by atoms with Crippen LogP contribution in [0, 0.1) is 0 Å². The lowest BCUT2D eigenvalue weighted by Crippen LogP contribution is -2.33. The fourth-order valence-electron chi connectivity index (χ4n) is 1.39. The molecule has 0 radical (unpaired) electrons. The van der Waals surface area contributed by atoms with Crippen LogP contribution in [0.5, 0.6) is 5.95 Å². The fraction of sp³-hybridized carbons (Fsp3) is 0.200. The molecule has 15 heavy (non-hydrogen) atoms. The second-order valence-electron chi connectivity index (χ2n) is 3.20. The maximum atomic E-state index is 10.8. The van der Waals surface area contributed by atoms with Gasteiger partial charge in [-0.15, -0.1) is 0 Å². The molecule has 0 fully saturated rings. The highest BCUT2D eigenvalue weighted by atomic mass is 16.6. The summed E-state index contributed by atoms with van der Waals surface area (Å²) in [6, 6.07) is 7.13. The molecule has 0 aliphatic heterocycles. The standard InChI is InChI=1S/C10H10N2O3/c1-7(13)8-4-2-3-5-9(8)12-6-10(14)15-11-12/h2-7,13H,1H3. The minimum Gasteiger partial charge on any atom is -0.539 e. The SMILES string of the molecule is CC(O)c1ccccc1-[n+]1cc([O-])on1. The molecule has 0 aliphatic rings. The third kappa shape index (κ3) is 1.82. The Balaban J connectivity index is 2.52. The van der Waals surface area contributed by atoms with Crippen molar-refractivity contribution in [1.29, 1.82) is 0 Å². The van der Waals surface area contributed by atoms with Gasteiger partial charge in [0.15, 0.2) is 0 Å². The molecule has 5 nitrogen and oxygen atoms in total. The van der Waals surface area contributed by atoms with Gasteiger partial charge in [0.05, 0.1) is 16.9 Å². The van der Waals surface area contributed by atoms with Crippen molar-refractivity contribution in [2.24, 2.45) is 0 Å². The van der Waals surface area contributed by atoms with Gasteiger partial charge in [-0.05, 0) is 17.7 Å². The Morgan fingerprint density at radius 3 is 2.80 bits per heavy atom. The van der Waals surface area contributed by atoms with E-state index in [1.54, 1.807) is 25.1 Å².